The van der Waals surface area contributed by atoms with Crippen LogP contribution in [-0.2, 0) is 11.8 Å². The Morgan fingerprint density at radius 3 is 2.65 bits per heavy atom. The number of amides is 1. The lowest BCUT2D eigenvalue weighted by atomic mass is 9.94. The first kappa shape index (κ1) is 15.8. The van der Waals surface area contributed by atoms with Crippen LogP contribution in [0.2, 0.25) is 0 Å². The molecule has 0 aromatic carbocycles. The molecule has 0 aliphatic carbocycles. The van der Waals surface area contributed by atoms with Gasteiger partial charge in [0, 0.05) is 44.8 Å². The summed E-state index contributed by atoms with van der Waals surface area (Å²) in [5.74, 6) is 1.16. The van der Waals surface area contributed by atoms with E-state index < -0.39 is 0 Å². The van der Waals surface area contributed by atoms with Gasteiger partial charge in [-0.1, -0.05) is 20.8 Å². The fraction of sp³-hybridized carbons (Fsp3) is 0.588. The number of hydrogen-bond donors (Lipinski definition) is 0. The monoisotopic (exact) mass is 315 g/mol. The van der Waals surface area contributed by atoms with Crippen molar-refractivity contribution in [2.24, 2.45) is 12.5 Å². The first-order valence-corrected chi connectivity index (χ1v) is 8.20. The van der Waals surface area contributed by atoms with Gasteiger partial charge < -0.3 is 9.80 Å². The molecule has 0 unspecified atom stereocenters. The van der Waals surface area contributed by atoms with Crippen molar-refractivity contribution in [2.45, 2.75) is 27.2 Å². The number of fused-ring (bicyclic) bond motifs is 1. The molecule has 0 saturated carbocycles. The number of hydrogen-bond acceptors (Lipinski definition) is 4. The molecule has 1 aliphatic rings. The van der Waals surface area contributed by atoms with E-state index in [2.05, 4.69) is 9.88 Å². The Kier molecular flexibility index (Phi) is 4.00. The first-order chi connectivity index (χ1) is 10.9. The SMILES string of the molecule is Cn1c(N2CCCN(C(=O)C(C)(C)C)CC2)nc2cccnc21. The van der Waals surface area contributed by atoms with E-state index in [4.69, 9.17) is 4.98 Å². The molecule has 6 heteroatoms. The number of carbonyl (C=O) groups excluding carboxylic acids is 1. The van der Waals surface area contributed by atoms with E-state index in [1.807, 2.05) is 49.4 Å². The second-order valence-corrected chi connectivity index (χ2v) is 7.20. The zero-order chi connectivity index (χ0) is 16.6. The normalized spacial score (nSPS) is 16.7. The molecule has 2 aromatic rings. The highest BCUT2D eigenvalue weighted by Crippen LogP contribution is 2.22. The largest absolute Gasteiger partial charge is 0.340 e. The lowest BCUT2D eigenvalue weighted by molar-refractivity contribution is -0.139. The predicted molar refractivity (Wildman–Crippen MR) is 91.4 cm³/mol. The second kappa shape index (κ2) is 5.83. The number of imidazole rings is 1. The predicted octanol–water partition coefficient (Wildman–Crippen LogP) is 2.05. The van der Waals surface area contributed by atoms with Crippen LogP contribution >= 0.6 is 0 Å². The summed E-state index contributed by atoms with van der Waals surface area (Å²) in [5.41, 5.74) is 1.49. The topological polar surface area (TPSA) is 54.3 Å². The highest BCUT2D eigenvalue weighted by molar-refractivity contribution is 5.81. The highest BCUT2D eigenvalue weighted by Gasteiger charge is 2.29. The van der Waals surface area contributed by atoms with E-state index in [0.717, 1.165) is 49.7 Å². The average Bonchev–Trinajstić information content (AvgIpc) is 2.70. The van der Waals surface area contributed by atoms with Gasteiger partial charge in [-0.25, -0.2) is 9.97 Å². The summed E-state index contributed by atoms with van der Waals surface area (Å²) in [5, 5.41) is 0. The molecule has 3 rings (SSSR count). The van der Waals surface area contributed by atoms with Gasteiger partial charge in [0.15, 0.2) is 5.65 Å². The minimum Gasteiger partial charge on any atom is -0.340 e. The first-order valence-electron chi connectivity index (χ1n) is 8.20. The fourth-order valence-electron chi connectivity index (χ4n) is 3.09. The maximum absolute atomic E-state index is 12.5. The molecule has 1 aliphatic heterocycles. The van der Waals surface area contributed by atoms with Crippen molar-refractivity contribution in [3.8, 4) is 0 Å². The third kappa shape index (κ3) is 3.02. The van der Waals surface area contributed by atoms with Crippen LogP contribution in [0, 0.1) is 5.41 Å². The van der Waals surface area contributed by atoms with Crippen molar-refractivity contribution in [3.63, 3.8) is 0 Å². The highest BCUT2D eigenvalue weighted by atomic mass is 16.2. The molecule has 0 bridgehead atoms. The van der Waals surface area contributed by atoms with Crippen molar-refractivity contribution >= 4 is 23.0 Å². The molecule has 23 heavy (non-hydrogen) atoms. The van der Waals surface area contributed by atoms with Gasteiger partial charge >= 0.3 is 0 Å². The number of carbonyl (C=O) groups is 1. The summed E-state index contributed by atoms with van der Waals surface area (Å²) in [6.45, 7) is 9.21. The summed E-state index contributed by atoms with van der Waals surface area (Å²) in [4.78, 5) is 25.9. The summed E-state index contributed by atoms with van der Waals surface area (Å²) < 4.78 is 2.04. The van der Waals surface area contributed by atoms with E-state index in [-0.39, 0.29) is 11.3 Å². The molecule has 0 N–H and O–H groups in total. The summed E-state index contributed by atoms with van der Waals surface area (Å²) in [6, 6.07) is 3.89. The van der Waals surface area contributed by atoms with Crippen LogP contribution in [0.1, 0.15) is 27.2 Å². The molecular formula is C17H25N5O. The molecule has 0 radical (unpaired) electrons. The van der Waals surface area contributed by atoms with Crippen LogP contribution < -0.4 is 4.90 Å². The summed E-state index contributed by atoms with van der Waals surface area (Å²) >= 11 is 0. The van der Waals surface area contributed by atoms with E-state index >= 15 is 0 Å². The number of aryl methyl sites for hydroxylation is 1. The smallest absolute Gasteiger partial charge is 0.228 e. The maximum Gasteiger partial charge on any atom is 0.228 e. The molecule has 0 atom stereocenters. The van der Waals surface area contributed by atoms with Crippen molar-refractivity contribution in [3.05, 3.63) is 18.3 Å². The molecule has 1 fully saturated rings. The van der Waals surface area contributed by atoms with Gasteiger partial charge in [-0.05, 0) is 18.6 Å². The van der Waals surface area contributed by atoms with Crippen LogP contribution in [0.4, 0.5) is 5.95 Å². The second-order valence-electron chi connectivity index (χ2n) is 7.20. The van der Waals surface area contributed by atoms with Gasteiger partial charge in [-0.2, -0.15) is 0 Å². The fourth-order valence-corrected chi connectivity index (χ4v) is 3.09. The zero-order valence-corrected chi connectivity index (χ0v) is 14.4. The van der Waals surface area contributed by atoms with Crippen LogP contribution in [-0.4, -0.2) is 51.5 Å². The van der Waals surface area contributed by atoms with Crippen LogP contribution in [0.5, 0.6) is 0 Å². The number of aromatic nitrogens is 3. The van der Waals surface area contributed by atoms with Gasteiger partial charge in [0.25, 0.3) is 0 Å². The molecular weight excluding hydrogens is 290 g/mol. The van der Waals surface area contributed by atoms with Gasteiger partial charge in [0.2, 0.25) is 11.9 Å². The van der Waals surface area contributed by atoms with Crippen molar-refractivity contribution < 1.29 is 4.79 Å². The van der Waals surface area contributed by atoms with Crippen LogP contribution in [0.3, 0.4) is 0 Å². The Bertz CT molecular complexity index is 715. The number of nitrogens with zero attached hydrogens (tertiary/aromatic N) is 5. The average molecular weight is 315 g/mol. The van der Waals surface area contributed by atoms with Crippen LogP contribution in [0.25, 0.3) is 11.2 Å². The number of pyridine rings is 1. The lowest BCUT2D eigenvalue weighted by Gasteiger charge is -2.28. The Labute approximate surface area is 137 Å². The van der Waals surface area contributed by atoms with Crippen molar-refractivity contribution in [1.82, 2.24) is 19.4 Å². The quantitative estimate of drug-likeness (QED) is 0.808. The maximum atomic E-state index is 12.5. The molecule has 0 spiro atoms. The Balaban J connectivity index is 1.80. The van der Waals surface area contributed by atoms with Crippen molar-refractivity contribution in [1.29, 1.82) is 0 Å². The van der Waals surface area contributed by atoms with Gasteiger partial charge in [-0.3, -0.25) is 9.36 Å². The Hall–Kier alpha value is -2.11. The number of rotatable bonds is 1. The van der Waals surface area contributed by atoms with E-state index in [0.29, 0.717) is 0 Å². The Morgan fingerprint density at radius 1 is 1.17 bits per heavy atom. The molecule has 124 valence electrons. The van der Waals surface area contributed by atoms with E-state index in [9.17, 15) is 4.79 Å². The molecule has 6 nitrogen and oxygen atoms in total. The van der Waals surface area contributed by atoms with Gasteiger partial charge in [-0.15, -0.1) is 0 Å². The minimum absolute atomic E-state index is 0.228. The van der Waals surface area contributed by atoms with E-state index in [1.165, 1.54) is 0 Å². The van der Waals surface area contributed by atoms with Crippen molar-refractivity contribution in [2.75, 3.05) is 31.1 Å². The molecule has 1 saturated heterocycles. The summed E-state index contributed by atoms with van der Waals surface area (Å²) in [6.07, 6.45) is 2.75. The molecule has 3 heterocycles. The third-order valence-corrected chi connectivity index (χ3v) is 4.31. The molecule has 2 aromatic heterocycles. The number of anilines is 1. The third-order valence-electron chi connectivity index (χ3n) is 4.31. The minimum atomic E-state index is -0.322. The summed E-state index contributed by atoms with van der Waals surface area (Å²) in [7, 11) is 2.00. The van der Waals surface area contributed by atoms with Gasteiger partial charge in [0.1, 0.15) is 5.52 Å². The van der Waals surface area contributed by atoms with Gasteiger partial charge in [0.05, 0.1) is 0 Å². The molecule has 1 amide bonds. The van der Waals surface area contributed by atoms with E-state index in [1.54, 1.807) is 6.20 Å². The Morgan fingerprint density at radius 2 is 1.96 bits per heavy atom. The van der Waals surface area contributed by atoms with Crippen LogP contribution in [0.15, 0.2) is 18.3 Å². The standard InChI is InChI=1S/C17H25N5O/c1-17(2,3)15(23)21-9-6-10-22(12-11-21)16-19-13-7-5-8-18-14(13)20(16)4/h5,7-8H,6,9-12H2,1-4H3. The lowest BCUT2D eigenvalue weighted by Crippen LogP contribution is -2.41. The zero-order valence-electron chi connectivity index (χ0n) is 14.4.